The number of carbonyl (C=O) groups is 1. The molecule has 0 spiro atoms. The van der Waals surface area contributed by atoms with E-state index in [1.807, 2.05) is 6.92 Å². The quantitative estimate of drug-likeness (QED) is 0.575. The van der Waals surface area contributed by atoms with E-state index in [4.69, 9.17) is 5.11 Å². The zero-order chi connectivity index (χ0) is 16.3. The first-order valence-corrected chi connectivity index (χ1v) is 7.83. The molecular formula is C14H15N3O4S. The molecule has 0 bridgehead atoms. The highest BCUT2D eigenvalue weighted by molar-refractivity contribution is 7.89. The summed E-state index contributed by atoms with van der Waals surface area (Å²) in [6, 6.07) is 7.73. The molecule has 22 heavy (non-hydrogen) atoms. The second-order valence-electron chi connectivity index (χ2n) is 4.71. The van der Waals surface area contributed by atoms with Crippen molar-refractivity contribution in [3.8, 4) is 0 Å². The summed E-state index contributed by atoms with van der Waals surface area (Å²) in [5.41, 5.74) is 1.79. The Balaban J connectivity index is 2.18. The number of hydrazone groups is 1. The number of hydrogen-bond acceptors (Lipinski definition) is 4. The van der Waals surface area contributed by atoms with Crippen LogP contribution in [-0.2, 0) is 10.0 Å². The molecule has 0 amide bonds. The minimum absolute atomic E-state index is 0.00550. The van der Waals surface area contributed by atoms with Crippen LogP contribution in [0.2, 0.25) is 0 Å². The van der Waals surface area contributed by atoms with Crippen molar-refractivity contribution in [2.24, 2.45) is 5.10 Å². The summed E-state index contributed by atoms with van der Waals surface area (Å²) in [6.45, 7) is 3.44. The van der Waals surface area contributed by atoms with E-state index in [2.05, 4.69) is 14.9 Å². The third-order valence-electron chi connectivity index (χ3n) is 3.00. The molecule has 2 aromatic rings. The topological polar surface area (TPSA) is 112 Å². The third kappa shape index (κ3) is 3.53. The first-order valence-electron chi connectivity index (χ1n) is 6.34. The van der Waals surface area contributed by atoms with Crippen LogP contribution in [0.3, 0.4) is 0 Å². The number of aromatic carboxylic acids is 1. The molecule has 0 aliphatic heterocycles. The molecule has 2 rings (SSSR count). The lowest BCUT2D eigenvalue weighted by Crippen LogP contribution is -2.19. The lowest BCUT2D eigenvalue weighted by molar-refractivity contribution is 0.0691. The van der Waals surface area contributed by atoms with E-state index in [0.717, 1.165) is 5.56 Å². The molecule has 0 unspecified atom stereocenters. The van der Waals surface area contributed by atoms with Crippen molar-refractivity contribution < 1.29 is 18.3 Å². The van der Waals surface area contributed by atoms with Gasteiger partial charge in [0, 0.05) is 11.8 Å². The van der Waals surface area contributed by atoms with Gasteiger partial charge in [-0.1, -0.05) is 17.7 Å². The second kappa shape index (κ2) is 6.02. The lowest BCUT2D eigenvalue weighted by atomic mass is 10.2. The van der Waals surface area contributed by atoms with E-state index in [1.54, 1.807) is 19.1 Å². The highest BCUT2D eigenvalue weighted by Crippen LogP contribution is 2.10. The van der Waals surface area contributed by atoms with Gasteiger partial charge in [-0.3, -0.25) is 0 Å². The molecule has 1 aromatic heterocycles. The van der Waals surface area contributed by atoms with Crippen molar-refractivity contribution >= 4 is 21.7 Å². The zero-order valence-electron chi connectivity index (χ0n) is 12.0. The normalized spacial score (nSPS) is 12.2. The van der Waals surface area contributed by atoms with E-state index < -0.39 is 16.0 Å². The van der Waals surface area contributed by atoms with E-state index in [-0.39, 0.29) is 10.6 Å². The van der Waals surface area contributed by atoms with Crippen LogP contribution < -0.4 is 4.83 Å². The van der Waals surface area contributed by atoms with Crippen molar-refractivity contribution in [1.29, 1.82) is 0 Å². The average Bonchev–Trinajstić information content (AvgIpc) is 2.95. The Morgan fingerprint density at radius 1 is 1.27 bits per heavy atom. The Morgan fingerprint density at radius 3 is 2.45 bits per heavy atom. The Labute approximate surface area is 127 Å². The number of nitrogens with zero attached hydrogens (tertiary/aromatic N) is 1. The molecule has 0 aliphatic rings. The van der Waals surface area contributed by atoms with Crippen molar-refractivity contribution in [2.45, 2.75) is 18.7 Å². The number of sulfonamides is 1. The molecule has 0 saturated carbocycles. The summed E-state index contributed by atoms with van der Waals surface area (Å²) in [5.74, 6) is -1.10. The Morgan fingerprint density at radius 2 is 1.91 bits per heavy atom. The van der Waals surface area contributed by atoms with Crippen molar-refractivity contribution in [3.05, 3.63) is 53.3 Å². The van der Waals surface area contributed by atoms with Crippen molar-refractivity contribution in [3.63, 3.8) is 0 Å². The SMILES string of the molecule is C/C(=N\NS(=O)(=O)c1ccc(C)cc1)c1c[nH]c(C(=O)O)c1. The summed E-state index contributed by atoms with van der Waals surface area (Å²) >= 11 is 0. The number of benzene rings is 1. The molecule has 0 radical (unpaired) electrons. The Kier molecular flexibility index (Phi) is 4.32. The number of carboxylic acids is 1. The van der Waals surface area contributed by atoms with Crippen molar-refractivity contribution in [2.75, 3.05) is 0 Å². The first-order chi connectivity index (χ1) is 10.3. The maximum Gasteiger partial charge on any atom is 0.352 e. The van der Waals surface area contributed by atoms with E-state index in [0.29, 0.717) is 11.3 Å². The highest BCUT2D eigenvalue weighted by atomic mass is 32.2. The van der Waals surface area contributed by atoms with Crippen LogP contribution in [0.4, 0.5) is 0 Å². The molecule has 7 nitrogen and oxygen atoms in total. The Hall–Kier alpha value is -2.61. The van der Waals surface area contributed by atoms with Crippen LogP contribution in [0.25, 0.3) is 0 Å². The second-order valence-corrected chi connectivity index (χ2v) is 6.37. The van der Waals surface area contributed by atoms with E-state index in [9.17, 15) is 13.2 Å². The van der Waals surface area contributed by atoms with Crippen LogP contribution in [0, 0.1) is 6.92 Å². The zero-order valence-corrected chi connectivity index (χ0v) is 12.8. The fraction of sp³-hybridized carbons (Fsp3) is 0.143. The summed E-state index contributed by atoms with van der Waals surface area (Å²) in [5, 5.41) is 12.6. The van der Waals surface area contributed by atoms with E-state index in [1.165, 1.54) is 24.4 Å². The summed E-state index contributed by atoms with van der Waals surface area (Å²) in [7, 11) is -3.75. The van der Waals surface area contributed by atoms with Gasteiger partial charge in [0.1, 0.15) is 5.69 Å². The monoisotopic (exact) mass is 321 g/mol. The maximum atomic E-state index is 12.1. The van der Waals surface area contributed by atoms with Gasteiger partial charge in [0.2, 0.25) is 0 Å². The molecular weight excluding hydrogens is 306 g/mol. The third-order valence-corrected chi connectivity index (χ3v) is 4.22. The average molecular weight is 321 g/mol. The lowest BCUT2D eigenvalue weighted by Gasteiger charge is -2.04. The van der Waals surface area contributed by atoms with Crippen LogP contribution in [0.5, 0.6) is 0 Å². The maximum absolute atomic E-state index is 12.1. The van der Waals surface area contributed by atoms with Gasteiger partial charge in [-0.2, -0.15) is 18.4 Å². The fourth-order valence-electron chi connectivity index (χ4n) is 1.69. The smallest absolute Gasteiger partial charge is 0.352 e. The van der Waals surface area contributed by atoms with Gasteiger partial charge in [-0.25, -0.2) is 4.79 Å². The van der Waals surface area contributed by atoms with Crippen molar-refractivity contribution in [1.82, 2.24) is 9.82 Å². The summed E-state index contributed by atoms with van der Waals surface area (Å²) < 4.78 is 24.1. The number of nitrogens with one attached hydrogen (secondary N) is 2. The predicted octanol–water partition coefficient (Wildman–Crippen LogP) is 1.72. The van der Waals surface area contributed by atoms with Gasteiger partial charge in [0.25, 0.3) is 10.0 Å². The predicted molar refractivity (Wildman–Crippen MR) is 81.5 cm³/mol. The molecule has 1 aromatic carbocycles. The Bertz CT molecular complexity index is 820. The summed E-state index contributed by atoms with van der Waals surface area (Å²) in [6.07, 6.45) is 1.45. The molecule has 0 aliphatic carbocycles. The fourth-order valence-corrected chi connectivity index (χ4v) is 2.55. The van der Waals surface area contributed by atoms with Gasteiger partial charge < -0.3 is 10.1 Å². The van der Waals surface area contributed by atoms with Crippen LogP contribution in [0.15, 0.2) is 46.5 Å². The number of aryl methyl sites for hydroxylation is 1. The van der Waals surface area contributed by atoms with Gasteiger partial charge in [0.15, 0.2) is 0 Å². The van der Waals surface area contributed by atoms with Crippen LogP contribution in [0.1, 0.15) is 28.5 Å². The summed E-state index contributed by atoms with van der Waals surface area (Å²) in [4.78, 5) is 15.6. The molecule has 8 heteroatoms. The van der Waals surface area contributed by atoms with Crippen LogP contribution in [-0.4, -0.2) is 30.2 Å². The van der Waals surface area contributed by atoms with Gasteiger partial charge >= 0.3 is 5.97 Å². The number of H-pyrrole nitrogens is 1. The standard InChI is InChI=1S/C14H15N3O4S/c1-9-3-5-12(6-4-9)22(20,21)17-16-10(2)11-7-13(14(18)19)15-8-11/h3-8,15,17H,1-2H3,(H,18,19)/b16-10+. The van der Waals surface area contributed by atoms with Gasteiger partial charge in [-0.15, -0.1) is 0 Å². The molecule has 116 valence electrons. The molecule has 0 atom stereocenters. The number of rotatable bonds is 5. The van der Waals surface area contributed by atoms with Gasteiger partial charge in [-0.05, 0) is 32.0 Å². The number of hydrogen-bond donors (Lipinski definition) is 3. The van der Waals surface area contributed by atoms with E-state index >= 15 is 0 Å². The minimum Gasteiger partial charge on any atom is -0.477 e. The minimum atomic E-state index is -3.75. The largest absolute Gasteiger partial charge is 0.477 e. The molecule has 1 heterocycles. The highest BCUT2D eigenvalue weighted by Gasteiger charge is 2.13. The van der Waals surface area contributed by atoms with Crippen LogP contribution >= 0.6 is 0 Å². The first kappa shape index (κ1) is 15.8. The molecule has 0 saturated heterocycles. The van der Waals surface area contributed by atoms with Gasteiger partial charge in [0.05, 0.1) is 10.6 Å². The number of aromatic amines is 1. The number of carboxylic acid groups (broad SMARTS) is 1. The molecule has 3 N–H and O–H groups in total. The molecule has 0 fully saturated rings. The number of aromatic nitrogens is 1.